The van der Waals surface area contributed by atoms with E-state index in [1.165, 1.54) is 0 Å². The summed E-state index contributed by atoms with van der Waals surface area (Å²) in [5.74, 6) is -0.756. The first-order valence-electron chi connectivity index (χ1n) is 8.45. The van der Waals surface area contributed by atoms with E-state index in [4.69, 9.17) is 4.74 Å². The molecule has 0 radical (unpaired) electrons. The molecule has 0 atom stereocenters. The highest BCUT2D eigenvalue weighted by Crippen LogP contribution is 2.31. The molecule has 0 heterocycles. The quantitative estimate of drug-likeness (QED) is 0.474. The SMILES string of the molecule is O=C(COc1ccc([N+](=O)[O-])cc1[N+](=O)[O-])Nc1ccccc1-c1ccccc1. The monoisotopic (exact) mass is 393 g/mol. The van der Waals surface area contributed by atoms with Crippen LogP contribution in [0.2, 0.25) is 0 Å². The maximum atomic E-state index is 12.3. The Bertz CT molecular complexity index is 1070. The van der Waals surface area contributed by atoms with Gasteiger partial charge in [-0.1, -0.05) is 48.5 Å². The van der Waals surface area contributed by atoms with Crippen LogP contribution in [-0.4, -0.2) is 22.4 Å². The highest BCUT2D eigenvalue weighted by Gasteiger charge is 2.21. The number of para-hydroxylation sites is 1. The number of hydrogen-bond donors (Lipinski definition) is 1. The van der Waals surface area contributed by atoms with Crippen molar-refractivity contribution in [2.75, 3.05) is 11.9 Å². The molecule has 0 fully saturated rings. The highest BCUT2D eigenvalue weighted by atomic mass is 16.6. The number of nitro groups is 2. The number of nitro benzene ring substituents is 2. The van der Waals surface area contributed by atoms with Crippen molar-refractivity contribution in [1.29, 1.82) is 0 Å². The number of carbonyl (C=O) groups is 1. The molecule has 0 bridgehead atoms. The van der Waals surface area contributed by atoms with Gasteiger partial charge in [-0.2, -0.15) is 0 Å². The standard InChI is InChI=1S/C20H15N3O6/c24-20(13-29-19-11-10-15(22(25)26)12-18(19)23(27)28)21-17-9-5-4-8-16(17)14-6-2-1-3-7-14/h1-12H,13H2,(H,21,24). The Hall–Kier alpha value is -4.27. The van der Waals surface area contributed by atoms with Crippen molar-refractivity contribution >= 4 is 23.0 Å². The van der Waals surface area contributed by atoms with E-state index in [1.54, 1.807) is 12.1 Å². The third-order valence-electron chi connectivity index (χ3n) is 3.99. The molecule has 0 unspecified atom stereocenters. The van der Waals surface area contributed by atoms with E-state index in [9.17, 15) is 25.0 Å². The van der Waals surface area contributed by atoms with Crippen molar-refractivity contribution in [2.45, 2.75) is 0 Å². The summed E-state index contributed by atoms with van der Waals surface area (Å²) in [6.45, 7) is -0.498. The molecule has 0 saturated carbocycles. The van der Waals surface area contributed by atoms with Gasteiger partial charge in [-0.15, -0.1) is 0 Å². The molecule has 0 aliphatic carbocycles. The summed E-state index contributed by atoms with van der Waals surface area (Å²) in [6, 6.07) is 19.6. The van der Waals surface area contributed by atoms with E-state index >= 15 is 0 Å². The molecule has 0 spiro atoms. The van der Waals surface area contributed by atoms with Gasteiger partial charge in [-0.3, -0.25) is 25.0 Å². The maximum Gasteiger partial charge on any atom is 0.317 e. The van der Waals surface area contributed by atoms with Crippen LogP contribution in [0.4, 0.5) is 17.1 Å². The van der Waals surface area contributed by atoms with Gasteiger partial charge in [0.15, 0.2) is 12.4 Å². The number of ether oxygens (including phenoxy) is 1. The first-order valence-corrected chi connectivity index (χ1v) is 8.45. The predicted molar refractivity (Wildman–Crippen MR) is 106 cm³/mol. The van der Waals surface area contributed by atoms with Crippen LogP contribution in [0.15, 0.2) is 72.8 Å². The summed E-state index contributed by atoms with van der Waals surface area (Å²) in [6.07, 6.45) is 0. The Kier molecular flexibility index (Phi) is 5.79. The zero-order chi connectivity index (χ0) is 20.8. The molecule has 29 heavy (non-hydrogen) atoms. The normalized spacial score (nSPS) is 10.2. The number of benzene rings is 3. The van der Waals surface area contributed by atoms with Crippen LogP contribution in [0.1, 0.15) is 0 Å². The van der Waals surface area contributed by atoms with E-state index < -0.39 is 33.7 Å². The van der Waals surface area contributed by atoms with Gasteiger partial charge in [0.2, 0.25) is 0 Å². The van der Waals surface area contributed by atoms with Crippen molar-refractivity contribution < 1.29 is 19.4 Å². The molecule has 3 rings (SSSR count). The number of nitrogens with one attached hydrogen (secondary N) is 1. The largest absolute Gasteiger partial charge is 0.477 e. The van der Waals surface area contributed by atoms with Gasteiger partial charge < -0.3 is 10.1 Å². The van der Waals surface area contributed by atoms with Crippen LogP contribution < -0.4 is 10.1 Å². The molecule has 1 N–H and O–H groups in total. The summed E-state index contributed by atoms with van der Waals surface area (Å²) >= 11 is 0. The Labute approximate surface area is 164 Å². The lowest BCUT2D eigenvalue weighted by Crippen LogP contribution is -2.20. The second kappa shape index (κ2) is 8.61. The number of hydrogen-bond acceptors (Lipinski definition) is 6. The van der Waals surface area contributed by atoms with Crippen LogP contribution in [-0.2, 0) is 4.79 Å². The van der Waals surface area contributed by atoms with Gasteiger partial charge in [0.05, 0.1) is 15.9 Å². The van der Waals surface area contributed by atoms with Crippen molar-refractivity contribution in [1.82, 2.24) is 0 Å². The lowest BCUT2D eigenvalue weighted by atomic mass is 10.0. The lowest BCUT2D eigenvalue weighted by molar-refractivity contribution is -0.394. The number of non-ortho nitro benzene ring substituents is 1. The van der Waals surface area contributed by atoms with Gasteiger partial charge in [-0.05, 0) is 17.7 Å². The minimum absolute atomic E-state index is 0.230. The van der Waals surface area contributed by atoms with Crippen LogP contribution in [0.5, 0.6) is 5.75 Å². The van der Waals surface area contributed by atoms with Gasteiger partial charge >= 0.3 is 5.69 Å². The van der Waals surface area contributed by atoms with Gasteiger partial charge in [0, 0.05) is 17.3 Å². The molecule has 0 saturated heterocycles. The number of carbonyl (C=O) groups excluding carboxylic acids is 1. The minimum Gasteiger partial charge on any atom is -0.477 e. The second-order valence-corrected chi connectivity index (χ2v) is 5.91. The topological polar surface area (TPSA) is 125 Å². The Morgan fingerprint density at radius 3 is 2.28 bits per heavy atom. The lowest BCUT2D eigenvalue weighted by Gasteiger charge is -2.12. The molecule has 1 amide bonds. The van der Waals surface area contributed by atoms with Crippen LogP contribution in [0.25, 0.3) is 11.1 Å². The second-order valence-electron chi connectivity index (χ2n) is 5.91. The number of amides is 1. The Balaban J connectivity index is 1.73. The zero-order valence-electron chi connectivity index (χ0n) is 15.0. The van der Waals surface area contributed by atoms with E-state index in [0.29, 0.717) is 5.69 Å². The molecule has 9 heteroatoms. The minimum atomic E-state index is -0.801. The first-order chi connectivity index (χ1) is 14.0. The summed E-state index contributed by atoms with van der Waals surface area (Å²) in [4.78, 5) is 32.7. The molecule has 9 nitrogen and oxygen atoms in total. The first kappa shape index (κ1) is 19.5. The van der Waals surface area contributed by atoms with Crippen molar-refractivity contribution in [3.05, 3.63) is 93.0 Å². The molecule has 3 aromatic carbocycles. The third kappa shape index (κ3) is 4.72. The van der Waals surface area contributed by atoms with Crippen LogP contribution in [0, 0.1) is 20.2 Å². The molecular formula is C20H15N3O6. The fourth-order valence-electron chi connectivity index (χ4n) is 2.68. The van der Waals surface area contributed by atoms with Gasteiger partial charge in [0.25, 0.3) is 11.6 Å². The van der Waals surface area contributed by atoms with Crippen LogP contribution >= 0.6 is 0 Å². The van der Waals surface area contributed by atoms with E-state index in [-0.39, 0.29) is 5.75 Å². The highest BCUT2D eigenvalue weighted by molar-refractivity contribution is 5.96. The molecule has 3 aromatic rings. The predicted octanol–water partition coefficient (Wildman–Crippen LogP) is 4.19. The van der Waals surface area contributed by atoms with Crippen molar-refractivity contribution in [3.8, 4) is 16.9 Å². The van der Waals surface area contributed by atoms with Gasteiger partial charge in [0.1, 0.15) is 0 Å². The van der Waals surface area contributed by atoms with Gasteiger partial charge in [-0.25, -0.2) is 0 Å². The summed E-state index contributed by atoms with van der Waals surface area (Å²) < 4.78 is 5.24. The molecule has 146 valence electrons. The molecule has 0 aliphatic rings. The summed E-state index contributed by atoms with van der Waals surface area (Å²) in [5.41, 5.74) is 1.26. The third-order valence-corrected chi connectivity index (χ3v) is 3.99. The smallest absolute Gasteiger partial charge is 0.317 e. The van der Waals surface area contributed by atoms with E-state index in [1.807, 2.05) is 42.5 Å². The maximum absolute atomic E-state index is 12.3. The fraction of sp³-hybridized carbons (Fsp3) is 0.0500. The summed E-state index contributed by atoms with van der Waals surface area (Å²) in [5, 5.41) is 24.6. The number of nitrogens with zero attached hydrogens (tertiary/aromatic N) is 2. The Morgan fingerprint density at radius 1 is 0.897 bits per heavy atom. The summed E-state index contributed by atoms with van der Waals surface area (Å²) in [7, 11) is 0. The van der Waals surface area contributed by atoms with Crippen LogP contribution in [0.3, 0.4) is 0 Å². The van der Waals surface area contributed by atoms with Crippen molar-refractivity contribution in [3.63, 3.8) is 0 Å². The Morgan fingerprint density at radius 2 is 1.59 bits per heavy atom. The molecule has 0 aliphatic heterocycles. The number of rotatable bonds is 7. The zero-order valence-corrected chi connectivity index (χ0v) is 15.0. The van der Waals surface area contributed by atoms with E-state index in [0.717, 1.165) is 29.3 Å². The average molecular weight is 393 g/mol. The average Bonchev–Trinajstić information content (AvgIpc) is 2.73. The fourth-order valence-corrected chi connectivity index (χ4v) is 2.68. The van der Waals surface area contributed by atoms with Crippen molar-refractivity contribution in [2.24, 2.45) is 0 Å². The molecular weight excluding hydrogens is 378 g/mol. The number of anilines is 1. The van der Waals surface area contributed by atoms with E-state index in [2.05, 4.69) is 5.32 Å². The molecule has 0 aromatic heterocycles.